The molecule has 152 valence electrons. The Hall–Kier alpha value is -3.03. The summed E-state index contributed by atoms with van der Waals surface area (Å²) in [7, 11) is 0. The first-order valence-corrected chi connectivity index (χ1v) is 9.27. The summed E-state index contributed by atoms with van der Waals surface area (Å²) >= 11 is 0. The second kappa shape index (κ2) is 10.3. The summed E-state index contributed by atoms with van der Waals surface area (Å²) in [5.41, 5.74) is 1.57. The second-order valence-corrected chi connectivity index (χ2v) is 6.25. The van der Waals surface area contributed by atoms with Gasteiger partial charge in [0, 0.05) is 0 Å². The molecule has 2 amide bonds. The molecule has 0 saturated heterocycles. The van der Waals surface area contributed by atoms with Gasteiger partial charge in [0.15, 0.2) is 0 Å². The van der Waals surface area contributed by atoms with E-state index in [-0.39, 0.29) is 37.5 Å². The fourth-order valence-corrected chi connectivity index (χ4v) is 2.76. The van der Waals surface area contributed by atoms with Crippen molar-refractivity contribution in [3.8, 4) is 5.75 Å². The van der Waals surface area contributed by atoms with Crippen molar-refractivity contribution in [3.05, 3.63) is 41.1 Å². The largest absolute Gasteiger partial charge is 0.493 e. The number of carbonyl (C=O) groups is 3. The average molecular weight is 390 g/mol. The Morgan fingerprint density at radius 1 is 1.18 bits per heavy atom. The predicted octanol–water partition coefficient (Wildman–Crippen LogP) is 2.22. The number of nitrogens with one attached hydrogen (secondary N) is 2. The minimum Gasteiger partial charge on any atom is -0.493 e. The Bertz CT molecular complexity index is 759. The number of aryl methyl sites for hydroxylation is 1. The van der Waals surface area contributed by atoms with E-state index in [0.717, 1.165) is 5.56 Å². The second-order valence-electron chi connectivity index (χ2n) is 6.25. The zero-order chi connectivity index (χ0) is 20.5. The smallest absolute Gasteiger partial charge is 0.338 e. The first-order chi connectivity index (χ1) is 13.4. The Kier molecular flexibility index (Phi) is 7.86. The molecule has 0 saturated carbocycles. The van der Waals surface area contributed by atoms with Crippen LogP contribution < -0.4 is 15.4 Å². The monoisotopic (exact) mass is 390 g/mol. The van der Waals surface area contributed by atoms with Crippen molar-refractivity contribution in [2.75, 3.05) is 19.8 Å². The van der Waals surface area contributed by atoms with Gasteiger partial charge in [-0.25, -0.2) is 9.59 Å². The number of urea groups is 1. The molecule has 1 aliphatic heterocycles. The number of rotatable bonds is 9. The lowest BCUT2D eigenvalue weighted by Gasteiger charge is -2.28. The Labute approximate surface area is 164 Å². The number of esters is 2. The normalized spacial score (nSPS) is 16.1. The van der Waals surface area contributed by atoms with Gasteiger partial charge in [-0.3, -0.25) is 4.79 Å². The van der Waals surface area contributed by atoms with Crippen molar-refractivity contribution in [1.29, 1.82) is 0 Å². The number of amides is 2. The van der Waals surface area contributed by atoms with E-state index >= 15 is 0 Å². The summed E-state index contributed by atoms with van der Waals surface area (Å²) in [6.45, 7) is 5.63. The molecule has 8 heteroatoms. The molecule has 0 aliphatic carbocycles. The topological polar surface area (TPSA) is 103 Å². The SMILES string of the molecule is CCOC(=O)C1=C(COC(=O)CCOc2cccc(C)c2)NC(=O)N[C@@H]1CC. The number of benzene rings is 1. The molecule has 1 aromatic carbocycles. The third kappa shape index (κ3) is 6.00. The van der Waals surface area contributed by atoms with E-state index in [0.29, 0.717) is 12.2 Å². The first kappa shape index (κ1) is 21.3. The van der Waals surface area contributed by atoms with Crippen molar-refractivity contribution in [2.24, 2.45) is 0 Å². The highest BCUT2D eigenvalue weighted by molar-refractivity contribution is 5.94. The van der Waals surface area contributed by atoms with Crippen LogP contribution in [-0.4, -0.2) is 43.8 Å². The standard InChI is InChI=1S/C20H26N2O6/c1-4-15-18(19(24)26-5-2)16(22-20(25)21-15)12-28-17(23)9-10-27-14-8-6-7-13(3)11-14/h6-8,11,15H,4-5,9-10,12H2,1-3H3,(H2,21,22,25)/t15-/m1/s1. The van der Waals surface area contributed by atoms with Gasteiger partial charge < -0.3 is 24.8 Å². The number of carbonyl (C=O) groups excluding carboxylic acids is 3. The molecule has 2 N–H and O–H groups in total. The molecule has 28 heavy (non-hydrogen) atoms. The summed E-state index contributed by atoms with van der Waals surface area (Å²) in [6.07, 6.45) is 0.544. The van der Waals surface area contributed by atoms with Crippen LogP contribution in [0, 0.1) is 6.92 Å². The van der Waals surface area contributed by atoms with Gasteiger partial charge in [0.05, 0.1) is 36.9 Å². The summed E-state index contributed by atoms with van der Waals surface area (Å²) < 4.78 is 15.8. The number of hydrogen-bond donors (Lipinski definition) is 2. The van der Waals surface area contributed by atoms with E-state index in [1.165, 1.54) is 0 Å². The summed E-state index contributed by atoms with van der Waals surface area (Å²) in [5, 5.41) is 5.19. The zero-order valence-electron chi connectivity index (χ0n) is 16.4. The lowest BCUT2D eigenvalue weighted by Crippen LogP contribution is -2.51. The van der Waals surface area contributed by atoms with Gasteiger partial charge in [-0.2, -0.15) is 0 Å². The Balaban J connectivity index is 1.93. The third-order valence-electron chi connectivity index (χ3n) is 4.09. The average Bonchev–Trinajstić information content (AvgIpc) is 2.66. The highest BCUT2D eigenvalue weighted by Gasteiger charge is 2.31. The van der Waals surface area contributed by atoms with Crippen LogP contribution in [0.2, 0.25) is 0 Å². The Morgan fingerprint density at radius 3 is 2.64 bits per heavy atom. The molecular weight excluding hydrogens is 364 g/mol. The maximum absolute atomic E-state index is 12.3. The molecule has 0 bridgehead atoms. The van der Waals surface area contributed by atoms with Crippen molar-refractivity contribution in [2.45, 2.75) is 39.7 Å². The molecule has 0 unspecified atom stereocenters. The van der Waals surface area contributed by atoms with Crippen LogP contribution in [0.15, 0.2) is 35.5 Å². The van der Waals surface area contributed by atoms with Crippen LogP contribution >= 0.6 is 0 Å². The minimum atomic E-state index is -0.546. The van der Waals surface area contributed by atoms with Crippen LogP contribution in [0.3, 0.4) is 0 Å². The molecule has 1 aromatic rings. The molecule has 0 spiro atoms. The molecule has 0 radical (unpaired) electrons. The van der Waals surface area contributed by atoms with Crippen molar-refractivity contribution < 1.29 is 28.6 Å². The number of hydrogen-bond acceptors (Lipinski definition) is 6. The van der Waals surface area contributed by atoms with Gasteiger partial charge in [-0.05, 0) is 38.0 Å². The molecule has 0 aromatic heterocycles. The summed E-state index contributed by atoms with van der Waals surface area (Å²) in [6, 6.07) is 6.56. The number of ether oxygens (including phenoxy) is 3. The van der Waals surface area contributed by atoms with Gasteiger partial charge in [-0.15, -0.1) is 0 Å². The molecular formula is C20H26N2O6. The quantitative estimate of drug-likeness (QED) is 0.627. The van der Waals surface area contributed by atoms with Crippen LogP contribution in [0.25, 0.3) is 0 Å². The highest BCUT2D eigenvalue weighted by Crippen LogP contribution is 2.17. The molecule has 8 nitrogen and oxygen atoms in total. The maximum atomic E-state index is 12.3. The minimum absolute atomic E-state index is 0.0410. The third-order valence-corrected chi connectivity index (χ3v) is 4.09. The van der Waals surface area contributed by atoms with Crippen LogP contribution in [-0.2, 0) is 19.1 Å². The van der Waals surface area contributed by atoms with Gasteiger partial charge in [0.2, 0.25) is 0 Å². The van der Waals surface area contributed by atoms with E-state index in [9.17, 15) is 14.4 Å². The van der Waals surface area contributed by atoms with Crippen molar-refractivity contribution >= 4 is 18.0 Å². The Morgan fingerprint density at radius 2 is 1.96 bits per heavy atom. The maximum Gasteiger partial charge on any atom is 0.338 e. The molecule has 0 fully saturated rings. The molecule has 1 atom stereocenters. The first-order valence-electron chi connectivity index (χ1n) is 9.27. The lowest BCUT2D eigenvalue weighted by molar-refractivity contribution is -0.144. The van der Waals surface area contributed by atoms with Crippen molar-refractivity contribution in [1.82, 2.24) is 10.6 Å². The van der Waals surface area contributed by atoms with Crippen LogP contribution in [0.5, 0.6) is 5.75 Å². The zero-order valence-corrected chi connectivity index (χ0v) is 16.4. The summed E-state index contributed by atoms with van der Waals surface area (Å²) in [5.74, 6) is -0.364. The van der Waals surface area contributed by atoms with Crippen molar-refractivity contribution in [3.63, 3.8) is 0 Å². The molecule has 1 heterocycles. The van der Waals surface area contributed by atoms with Gasteiger partial charge in [0.25, 0.3) is 0 Å². The lowest BCUT2D eigenvalue weighted by atomic mass is 10.0. The fourth-order valence-electron chi connectivity index (χ4n) is 2.76. The van der Waals surface area contributed by atoms with Gasteiger partial charge in [0.1, 0.15) is 12.4 Å². The fraction of sp³-hybridized carbons (Fsp3) is 0.450. The van der Waals surface area contributed by atoms with E-state index in [2.05, 4.69) is 10.6 Å². The van der Waals surface area contributed by atoms with E-state index in [4.69, 9.17) is 14.2 Å². The van der Waals surface area contributed by atoms with Crippen LogP contribution in [0.1, 0.15) is 32.3 Å². The molecule has 2 rings (SSSR count). The molecule has 1 aliphatic rings. The van der Waals surface area contributed by atoms with Gasteiger partial charge in [-0.1, -0.05) is 19.1 Å². The van der Waals surface area contributed by atoms with E-state index < -0.39 is 24.0 Å². The summed E-state index contributed by atoms with van der Waals surface area (Å²) in [4.78, 5) is 36.1. The van der Waals surface area contributed by atoms with Crippen LogP contribution in [0.4, 0.5) is 4.79 Å². The predicted molar refractivity (Wildman–Crippen MR) is 102 cm³/mol. The van der Waals surface area contributed by atoms with Gasteiger partial charge >= 0.3 is 18.0 Å². The van der Waals surface area contributed by atoms with E-state index in [1.807, 2.05) is 38.1 Å². The van der Waals surface area contributed by atoms with E-state index in [1.54, 1.807) is 6.92 Å². The highest BCUT2D eigenvalue weighted by atomic mass is 16.5.